The van der Waals surface area contributed by atoms with Gasteiger partial charge in [-0.25, -0.2) is 0 Å². The van der Waals surface area contributed by atoms with Crippen molar-refractivity contribution in [1.82, 2.24) is 0 Å². The molecule has 1 aliphatic rings. The van der Waals surface area contributed by atoms with Crippen molar-refractivity contribution >= 4 is 139 Å². The molecule has 19 heavy (non-hydrogen) atoms. The number of allylic oxidation sites excluding steroid dienone is 2. The van der Waals surface area contributed by atoms with E-state index in [9.17, 15) is 0 Å². The van der Waals surface area contributed by atoms with Crippen molar-refractivity contribution in [1.29, 1.82) is 0 Å². The van der Waals surface area contributed by atoms with E-state index in [0.29, 0.717) is 0 Å². The van der Waals surface area contributed by atoms with E-state index < -0.39 is 31.7 Å². The predicted molar refractivity (Wildman–Crippen MR) is 90.9 cm³/mol. The lowest BCUT2D eigenvalue weighted by Crippen LogP contribution is -2.60. The van der Waals surface area contributed by atoms with Crippen LogP contribution in [0.5, 0.6) is 0 Å². The molecule has 0 saturated carbocycles. The third-order valence-electron chi connectivity index (χ3n) is 2.32. The summed E-state index contributed by atoms with van der Waals surface area (Å²) < 4.78 is -11.8. The quantitative estimate of drug-likeness (QED) is 0.296. The zero-order valence-electron chi connectivity index (χ0n) is 8.04. The molecule has 0 heterocycles. The lowest BCUT2D eigenvalue weighted by molar-refractivity contribution is 0.567. The van der Waals surface area contributed by atoms with Crippen LogP contribution in [0.3, 0.4) is 0 Å². The fourth-order valence-electron chi connectivity index (χ4n) is 1.14. The highest BCUT2D eigenvalue weighted by molar-refractivity contribution is 6.79. The van der Waals surface area contributed by atoms with Crippen LogP contribution in [0.25, 0.3) is 0 Å². The Morgan fingerprint density at radius 3 is 0.842 bits per heavy atom. The zero-order chi connectivity index (χ0) is 15.7. The van der Waals surface area contributed by atoms with Crippen molar-refractivity contribution < 1.29 is 0 Å². The van der Waals surface area contributed by atoms with Gasteiger partial charge in [0, 0.05) is 0 Å². The highest BCUT2D eigenvalue weighted by Crippen LogP contribution is 2.71. The van der Waals surface area contributed by atoms with Gasteiger partial charge in [0.2, 0.25) is 0 Å². The maximum atomic E-state index is 6.02. The van der Waals surface area contributed by atoms with Crippen molar-refractivity contribution in [3.63, 3.8) is 0 Å². The maximum absolute atomic E-state index is 6.02. The maximum Gasteiger partial charge on any atom is 0.191 e. The van der Waals surface area contributed by atoms with E-state index in [2.05, 4.69) is 0 Å². The van der Waals surface area contributed by atoms with E-state index in [1.54, 1.807) is 0 Å². The van der Waals surface area contributed by atoms with Gasteiger partial charge in [0.25, 0.3) is 0 Å². The lowest BCUT2D eigenvalue weighted by Gasteiger charge is -2.46. The second-order valence-corrected chi connectivity index (χ2v) is 10.9. The molecule has 12 heteroatoms. The van der Waals surface area contributed by atoms with Gasteiger partial charge in [0.1, 0.15) is 0 Å². The first-order valence-corrected chi connectivity index (χ1v) is 8.55. The standard InChI is InChI=1S/C7Cl12/c8-1-2(9)4(12,13)6(16,17)7(18,19)5(14,15)3(1,10)11. The van der Waals surface area contributed by atoms with Crippen molar-refractivity contribution in [3.05, 3.63) is 10.1 Å². The van der Waals surface area contributed by atoms with Crippen LogP contribution in [0, 0.1) is 0 Å². The molecular formula is C7Cl12. The number of rotatable bonds is 0. The third kappa shape index (κ3) is 2.57. The summed E-state index contributed by atoms with van der Waals surface area (Å²) in [4.78, 5) is 0. The van der Waals surface area contributed by atoms with Crippen molar-refractivity contribution in [2.24, 2.45) is 0 Å². The summed E-state index contributed by atoms with van der Waals surface area (Å²) in [6.07, 6.45) is 0. The van der Waals surface area contributed by atoms with Gasteiger partial charge in [-0.3, -0.25) is 0 Å². The minimum atomic E-state index is -2.45. The van der Waals surface area contributed by atoms with E-state index in [4.69, 9.17) is 139 Å². The van der Waals surface area contributed by atoms with Crippen LogP contribution in [-0.4, -0.2) is 21.7 Å². The van der Waals surface area contributed by atoms with Gasteiger partial charge in [-0.2, -0.15) is 0 Å². The molecule has 0 bridgehead atoms. The molecule has 0 aromatic heterocycles. The molecule has 0 aromatic carbocycles. The molecule has 0 N–H and O–H groups in total. The van der Waals surface area contributed by atoms with E-state index >= 15 is 0 Å². The minimum Gasteiger partial charge on any atom is -0.0946 e. The molecule has 0 aromatic rings. The average molecular weight is 510 g/mol. The molecule has 0 amide bonds. The van der Waals surface area contributed by atoms with Crippen molar-refractivity contribution in [3.8, 4) is 0 Å². The summed E-state index contributed by atoms with van der Waals surface area (Å²) in [5.74, 6) is 0. The second-order valence-electron chi connectivity index (χ2n) is 3.50. The minimum absolute atomic E-state index is 0.513. The fourth-order valence-corrected chi connectivity index (χ4v) is 5.13. The third-order valence-corrected chi connectivity index (χ3v) is 10.6. The first kappa shape index (κ1) is 20.3. The Kier molecular flexibility index (Phi) is 6.02. The summed E-state index contributed by atoms with van der Waals surface area (Å²) in [6.45, 7) is 0. The largest absolute Gasteiger partial charge is 0.191 e. The normalized spacial score (nSPS) is 30.9. The summed E-state index contributed by atoms with van der Waals surface area (Å²) in [7, 11) is 0. The van der Waals surface area contributed by atoms with Crippen LogP contribution >= 0.6 is 139 Å². The molecule has 0 saturated heterocycles. The van der Waals surface area contributed by atoms with Gasteiger partial charge < -0.3 is 0 Å². The molecule has 0 unspecified atom stereocenters. The van der Waals surface area contributed by atoms with Gasteiger partial charge in [0.05, 0.1) is 10.1 Å². The Bertz CT molecular complexity index is 391. The Morgan fingerprint density at radius 2 is 0.632 bits per heavy atom. The van der Waals surface area contributed by atoms with Gasteiger partial charge in [0.15, 0.2) is 21.7 Å². The Balaban J connectivity index is 3.84. The molecule has 0 spiro atoms. The van der Waals surface area contributed by atoms with E-state index in [0.717, 1.165) is 0 Å². The predicted octanol–water partition coefficient (Wildman–Crippen LogP) is 7.56. The monoisotopic (exact) mass is 504 g/mol. The molecule has 0 radical (unpaired) electrons. The van der Waals surface area contributed by atoms with Crippen LogP contribution in [0.15, 0.2) is 10.1 Å². The number of hydrogen-bond acceptors (Lipinski definition) is 0. The second kappa shape index (κ2) is 5.64. The van der Waals surface area contributed by atoms with Crippen LogP contribution in [0.2, 0.25) is 0 Å². The summed E-state index contributed by atoms with van der Waals surface area (Å²) in [6, 6.07) is 0. The van der Waals surface area contributed by atoms with E-state index in [1.165, 1.54) is 0 Å². The van der Waals surface area contributed by atoms with Crippen molar-refractivity contribution in [2.75, 3.05) is 0 Å². The van der Waals surface area contributed by atoms with Crippen molar-refractivity contribution in [2.45, 2.75) is 21.7 Å². The van der Waals surface area contributed by atoms with Crippen LogP contribution in [0.1, 0.15) is 0 Å². The molecule has 1 rings (SSSR count). The van der Waals surface area contributed by atoms with Crippen LogP contribution < -0.4 is 0 Å². The summed E-state index contributed by atoms with van der Waals surface area (Å²) >= 11 is 71.8. The molecule has 1 aliphatic carbocycles. The Morgan fingerprint density at radius 1 is 0.421 bits per heavy atom. The van der Waals surface area contributed by atoms with Gasteiger partial charge in [-0.15, -0.1) is 0 Å². The SMILES string of the molecule is ClC1=C(Cl)C(Cl)(Cl)C(Cl)(Cl)C(Cl)(Cl)C(Cl)(Cl)C1(Cl)Cl. The molecule has 0 atom stereocenters. The number of hydrogen-bond donors (Lipinski definition) is 0. The molecule has 0 aliphatic heterocycles. The molecule has 0 nitrogen and oxygen atoms in total. The highest BCUT2D eigenvalue weighted by Gasteiger charge is 2.77. The lowest BCUT2D eigenvalue weighted by atomic mass is 10.1. The highest BCUT2D eigenvalue weighted by atomic mass is 35.6. The summed E-state index contributed by atoms with van der Waals surface area (Å²) in [5, 5.41) is -1.03. The average Bonchev–Trinajstić information content (AvgIpc) is 2.25. The molecular weight excluding hydrogens is 510 g/mol. The van der Waals surface area contributed by atoms with E-state index in [-0.39, 0.29) is 0 Å². The molecule has 112 valence electrons. The van der Waals surface area contributed by atoms with Gasteiger partial charge >= 0.3 is 0 Å². The molecule has 0 fully saturated rings. The number of alkyl halides is 10. The first-order chi connectivity index (χ1) is 8.07. The smallest absolute Gasteiger partial charge is 0.0946 e. The van der Waals surface area contributed by atoms with E-state index in [1.807, 2.05) is 0 Å². The van der Waals surface area contributed by atoms with Crippen LogP contribution in [-0.2, 0) is 0 Å². The topological polar surface area (TPSA) is 0 Å². The zero-order valence-corrected chi connectivity index (χ0v) is 17.1. The van der Waals surface area contributed by atoms with Gasteiger partial charge in [-0.05, 0) is 0 Å². The van der Waals surface area contributed by atoms with Crippen LogP contribution in [0.4, 0.5) is 0 Å². The fraction of sp³-hybridized carbons (Fsp3) is 0.714. The Hall–Kier alpha value is 3.22. The number of halogens is 12. The summed E-state index contributed by atoms with van der Waals surface area (Å²) in [5.41, 5.74) is 0. The first-order valence-electron chi connectivity index (χ1n) is 4.02. The van der Waals surface area contributed by atoms with Gasteiger partial charge in [-0.1, -0.05) is 139 Å². The Labute approximate surface area is 169 Å².